The lowest BCUT2D eigenvalue weighted by Gasteiger charge is -2.32. The van der Waals surface area contributed by atoms with Crippen LogP contribution < -0.4 is 10.6 Å². The Morgan fingerprint density at radius 3 is 2.68 bits per heavy atom. The molecule has 0 saturated carbocycles. The van der Waals surface area contributed by atoms with Crippen LogP contribution in [0, 0.1) is 0 Å². The van der Waals surface area contributed by atoms with Crippen LogP contribution in [-0.4, -0.2) is 21.9 Å². The average molecular weight is 427 g/mol. The van der Waals surface area contributed by atoms with E-state index in [0.29, 0.717) is 10.7 Å². The minimum Gasteiger partial charge on any atom is -0.363 e. The number of carbonyl (C=O) groups excluding carboxylic acids is 1. The van der Waals surface area contributed by atoms with Crippen LogP contribution >= 0.6 is 22.9 Å². The van der Waals surface area contributed by atoms with Gasteiger partial charge >= 0.3 is 6.18 Å². The van der Waals surface area contributed by atoms with E-state index >= 15 is 0 Å². The largest absolute Gasteiger partial charge is 0.410 e. The highest BCUT2D eigenvalue weighted by Crippen LogP contribution is 2.44. The second-order valence-corrected chi connectivity index (χ2v) is 7.74. The van der Waals surface area contributed by atoms with E-state index in [1.165, 1.54) is 17.4 Å². The molecule has 0 fully saturated rings. The zero-order chi connectivity index (χ0) is 19.9. The number of benzene rings is 1. The van der Waals surface area contributed by atoms with Gasteiger partial charge in [-0.15, -0.1) is 11.3 Å². The number of halogens is 4. The molecule has 3 heterocycles. The first-order chi connectivity index (χ1) is 13.3. The Balaban J connectivity index is 1.63. The van der Waals surface area contributed by atoms with Gasteiger partial charge in [0.25, 0.3) is 5.91 Å². The van der Waals surface area contributed by atoms with Crippen LogP contribution in [0.5, 0.6) is 0 Å². The molecule has 0 radical (unpaired) electrons. The Hall–Kier alpha value is -2.52. The van der Waals surface area contributed by atoms with E-state index in [1.54, 1.807) is 36.4 Å². The second-order valence-electron chi connectivity index (χ2n) is 6.33. The summed E-state index contributed by atoms with van der Waals surface area (Å²) < 4.78 is 41.7. The Morgan fingerprint density at radius 1 is 1.29 bits per heavy atom. The van der Waals surface area contributed by atoms with Gasteiger partial charge in [0.1, 0.15) is 5.82 Å². The standard InChI is InChI=1S/C18H14ClF3N4OS/c19-10-3-5-11(6-4-10)23-17(27)13-9-16-24-12(14-2-1-7-28-14)8-15(18(20,21)22)26(16)25-13/h1-7,9,12,15,24H,8H2,(H,23,27)/t12-,15+/m1/s1. The third-order valence-corrected chi connectivity index (χ3v) is 5.65. The van der Waals surface area contributed by atoms with E-state index < -0.39 is 24.2 Å². The molecule has 2 N–H and O–H groups in total. The van der Waals surface area contributed by atoms with Crippen LogP contribution in [0.3, 0.4) is 0 Å². The third-order valence-electron chi connectivity index (χ3n) is 4.41. The van der Waals surface area contributed by atoms with Crippen molar-refractivity contribution in [3.05, 3.63) is 63.4 Å². The molecule has 1 aromatic carbocycles. The summed E-state index contributed by atoms with van der Waals surface area (Å²) in [5.74, 6) is -0.437. The molecule has 28 heavy (non-hydrogen) atoms. The van der Waals surface area contributed by atoms with Crippen LogP contribution in [0.2, 0.25) is 5.02 Å². The molecule has 3 aromatic rings. The molecule has 2 aromatic heterocycles. The van der Waals surface area contributed by atoms with E-state index in [4.69, 9.17) is 11.6 Å². The molecule has 0 bridgehead atoms. The number of thiophene rings is 1. The molecule has 0 spiro atoms. The van der Waals surface area contributed by atoms with E-state index in [2.05, 4.69) is 15.7 Å². The number of amides is 1. The molecule has 1 aliphatic heterocycles. The number of anilines is 2. The molecule has 1 amide bonds. The number of rotatable bonds is 3. The van der Waals surface area contributed by atoms with Crippen molar-refractivity contribution in [2.75, 3.05) is 10.6 Å². The molecule has 0 saturated heterocycles. The topological polar surface area (TPSA) is 59.0 Å². The number of carbonyl (C=O) groups is 1. The molecule has 146 valence electrons. The molecule has 0 unspecified atom stereocenters. The Bertz CT molecular complexity index is 985. The van der Waals surface area contributed by atoms with E-state index in [1.807, 2.05) is 5.38 Å². The first-order valence-electron chi connectivity index (χ1n) is 8.34. The maximum absolute atomic E-state index is 13.6. The van der Waals surface area contributed by atoms with Gasteiger partial charge in [0.2, 0.25) is 0 Å². The van der Waals surface area contributed by atoms with E-state index in [-0.39, 0.29) is 17.9 Å². The minimum absolute atomic E-state index is 0.0986. The van der Waals surface area contributed by atoms with Gasteiger partial charge in [-0.1, -0.05) is 17.7 Å². The molecule has 5 nitrogen and oxygen atoms in total. The van der Waals surface area contributed by atoms with Crippen LogP contribution in [0.15, 0.2) is 47.8 Å². The zero-order valence-corrected chi connectivity index (χ0v) is 15.8. The summed E-state index contributed by atoms with van der Waals surface area (Å²) in [6, 6.07) is 9.00. The molecule has 2 atom stereocenters. The predicted octanol–water partition coefficient (Wildman–Crippen LogP) is 5.51. The smallest absolute Gasteiger partial charge is 0.363 e. The fraction of sp³-hybridized carbons (Fsp3) is 0.222. The van der Waals surface area contributed by atoms with E-state index in [0.717, 1.165) is 9.56 Å². The fourth-order valence-electron chi connectivity index (χ4n) is 3.09. The summed E-state index contributed by atoms with van der Waals surface area (Å²) in [5.41, 5.74) is 0.371. The van der Waals surface area contributed by atoms with Gasteiger partial charge in [0.05, 0.1) is 6.04 Å². The SMILES string of the molecule is O=C(Nc1ccc(Cl)cc1)c1cc2n(n1)[C@H](C(F)(F)F)C[C@H](c1cccs1)N2. The lowest BCUT2D eigenvalue weighted by molar-refractivity contribution is -0.173. The zero-order valence-electron chi connectivity index (χ0n) is 14.2. The van der Waals surface area contributed by atoms with Crippen molar-refractivity contribution in [1.82, 2.24) is 9.78 Å². The highest BCUT2D eigenvalue weighted by Gasteiger charge is 2.47. The summed E-state index contributed by atoms with van der Waals surface area (Å²) in [7, 11) is 0. The number of nitrogens with zero attached hydrogens (tertiary/aromatic N) is 2. The van der Waals surface area contributed by atoms with Crippen molar-refractivity contribution >= 4 is 40.4 Å². The van der Waals surface area contributed by atoms with Crippen molar-refractivity contribution in [1.29, 1.82) is 0 Å². The maximum Gasteiger partial charge on any atom is 0.410 e. The van der Waals surface area contributed by atoms with Crippen molar-refractivity contribution in [3.63, 3.8) is 0 Å². The molecule has 4 rings (SSSR count). The monoisotopic (exact) mass is 426 g/mol. The summed E-state index contributed by atoms with van der Waals surface area (Å²) in [5, 5.41) is 11.9. The number of alkyl halides is 3. The predicted molar refractivity (Wildman–Crippen MR) is 102 cm³/mol. The summed E-state index contributed by atoms with van der Waals surface area (Å²) >= 11 is 7.19. The van der Waals surface area contributed by atoms with E-state index in [9.17, 15) is 18.0 Å². The lowest BCUT2D eigenvalue weighted by Crippen LogP contribution is -2.35. The molecular weight excluding hydrogens is 413 g/mol. The Morgan fingerprint density at radius 2 is 2.04 bits per heavy atom. The number of hydrogen-bond acceptors (Lipinski definition) is 4. The average Bonchev–Trinajstić information content (AvgIpc) is 3.31. The number of nitrogens with one attached hydrogen (secondary N) is 2. The minimum atomic E-state index is -4.48. The third kappa shape index (κ3) is 3.72. The molecular formula is C18H14ClF3N4OS. The summed E-state index contributed by atoms with van der Waals surface area (Å²) in [6.45, 7) is 0. The Kier molecular flexibility index (Phi) is 4.80. The number of fused-ring (bicyclic) bond motifs is 1. The second kappa shape index (κ2) is 7.14. The van der Waals surface area contributed by atoms with Gasteiger partial charge in [0.15, 0.2) is 11.7 Å². The van der Waals surface area contributed by atoms with Crippen LogP contribution in [-0.2, 0) is 0 Å². The highest BCUT2D eigenvalue weighted by molar-refractivity contribution is 7.10. The summed E-state index contributed by atoms with van der Waals surface area (Å²) in [4.78, 5) is 13.3. The van der Waals surface area contributed by atoms with Gasteiger partial charge in [-0.2, -0.15) is 18.3 Å². The van der Waals surface area contributed by atoms with Crippen molar-refractivity contribution in [2.24, 2.45) is 0 Å². The quantitative estimate of drug-likeness (QED) is 0.580. The normalized spacial score (nSPS) is 19.0. The van der Waals surface area contributed by atoms with Crippen molar-refractivity contribution in [2.45, 2.75) is 24.7 Å². The van der Waals surface area contributed by atoms with Gasteiger partial charge in [-0.25, -0.2) is 4.68 Å². The van der Waals surface area contributed by atoms with Crippen molar-refractivity contribution in [3.8, 4) is 0 Å². The maximum atomic E-state index is 13.6. The van der Waals surface area contributed by atoms with Gasteiger partial charge < -0.3 is 10.6 Å². The molecule has 0 aliphatic carbocycles. The number of hydrogen-bond donors (Lipinski definition) is 2. The number of aromatic nitrogens is 2. The van der Waals surface area contributed by atoms with Gasteiger partial charge in [0, 0.05) is 28.1 Å². The Labute approximate surface area is 167 Å². The lowest BCUT2D eigenvalue weighted by atomic mass is 10.0. The molecule has 10 heteroatoms. The first-order valence-corrected chi connectivity index (χ1v) is 9.60. The van der Waals surface area contributed by atoms with Crippen molar-refractivity contribution < 1.29 is 18.0 Å². The van der Waals surface area contributed by atoms with Crippen LogP contribution in [0.25, 0.3) is 0 Å². The first kappa shape index (κ1) is 18.8. The highest BCUT2D eigenvalue weighted by atomic mass is 35.5. The van der Waals surface area contributed by atoms with Gasteiger partial charge in [-0.3, -0.25) is 4.79 Å². The van der Waals surface area contributed by atoms with Crippen LogP contribution in [0.4, 0.5) is 24.7 Å². The fourth-order valence-corrected chi connectivity index (χ4v) is 4.01. The van der Waals surface area contributed by atoms with Gasteiger partial charge in [-0.05, 0) is 35.7 Å². The van der Waals surface area contributed by atoms with Crippen LogP contribution in [0.1, 0.15) is 33.9 Å². The molecule has 1 aliphatic rings. The summed E-state index contributed by atoms with van der Waals surface area (Å²) in [6.07, 6.45) is -4.68.